The number of nitrogens with zero attached hydrogens (tertiary/aromatic N) is 7. The highest BCUT2D eigenvalue weighted by Crippen LogP contribution is 2.27. The van der Waals surface area contributed by atoms with Crippen molar-refractivity contribution in [1.29, 1.82) is 0 Å². The number of rotatable bonds is 19. The summed E-state index contributed by atoms with van der Waals surface area (Å²) in [5.74, 6) is -10.5. The molecule has 11 amide bonds. The molecule has 5 N–H and O–H groups in total. The highest BCUT2D eigenvalue weighted by atomic mass is 16.5. The van der Waals surface area contributed by atoms with Gasteiger partial charge in [0.25, 0.3) is 0 Å². The maximum atomic E-state index is 15.2. The molecule has 1 aliphatic rings. The van der Waals surface area contributed by atoms with Gasteiger partial charge in [-0.25, -0.2) is 0 Å². The van der Waals surface area contributed by atoms with Crippen LogP contribution in [0.1, 0.15) is 183 Å². The summed E-state index contributed by atoms with van der Waals surface area (Å²) in [6, 6.07) is -14.3. The molecule has 0 bridgehead atoms. The van der Waals surface area contributed by atoms with E-state index in [1.165, 1.54) is 96.6 Å². The van der Waals surface area contributed by atoms with E-state index in [0.29, 0.717) is 12.8 Å². The number of hydrogen-bond acceptors (Lipinski definition) is 14. The number of amides is 11. The van der Waals surface area contributed by atoms with Gasteiger partial charge in [-0.15, -0.1) is 0 Å². The average molecular weight is 1290 g/mol. The van der Waals surface area contributed by atoms with Crippen molar-refractivity contribution in [3.05, 3.63) is 0 Å². The van der Waals surface area contributed by atoms with Gasteiger partial charge in [-0.1, -0.05) is 103 Å². The minimum Gasteiger partial charge on any atom is -0.390 e. The minimum atomic E-state index is -1.62. The molecule has 0 saturated carbocycles. The molecule has 1 fully saturated rings. The summed E-state index contributed by atoms with van der Waals surface area (Å²) in [5, 5.41) is 23.2. The zero-order valence-corrected chi connectivity index (χ0v) is 60.1. The first-order valence-electron chi connectivity index (χ1n) is 32.7. The Morgan fingerprint density at radius 3 is 1.40 bits per heavy atom. The number of likely N-dealkylation sites (N-methyl/N-ethyl adjacent to an activating group) is 7. The molecule has 0 aromatic carbocycles. The van der Waals surface area contributed by atoms with Gasteiger partial charge in [-0.3, -0.25) is 57.5 Å². The number of hydrogen-bond donors (Lipinski definition) is 5. The van der Waals surface area contributed by atoms with Gasteiger partial charge in [0.05, 0.1) is 11.7 Å². The van der Waals surface area contributed by atoms with Crippen LogP contribution in [-0.4, -0.2) is 244 Å². The predicted molar refractivity (Wildman–Crippen MR) is 349 cm³/mol. The Labute approximate surface area is 544 Å². The van der Waals surface area contributed by atoms with Crippen molar-refractivity contribution in [1.82, 2.24) is 55.6 Å². The first-order valence-corrected chi connectivity index (χ1v) is 32.7. The molecule has 0 radical (unpaired) electrons. The monoisotopic (exact) mass is 1290 g/mol. The molecule has 1 rings (SSSR count). The van der Waals surface area contributed by atoms with Crippen molar-refractivity contribution in [2.75, 3.05) is 55.9 Å². The van der Waals surface area contributed by atoms with Gasteiger partial charge >= 0.3 is 0 Å². The fourth-order valence-electron chi connectivity index (χ4n) is 11.4. The van der Waals surface area contributed by atoms with Gasteiger partial charge in [0, 0.05) is 55.8 Å². The van der Waals surface area contributed by atoms with E-state index in [2.05, 4.69) is 21.3 Å². The molecule has 0 aliphatic carbocycles. The Bertz CT molecular complexity index is 2510. The van der Waals surface area contributed by atoms with Crippen molar-refractivity contribution in [3.63, 3.8) is 0 Å². The third kappa shape index (κ3) is 23.4. The molecule has 522 valence electrons. The van der Waals surface area contributed by atoms with E-state index in [0.717, 1.165) is 21.1 Å². The normalized spacial score (nSPS) is 26.7. The lowest BCUT2D eigenvalue weighted by molar-refractivity contribution is -0.157. The molecular weight excluding hydrogens is 1170 g/mol. The van der Waals surface area contributed by atoms with Crippen LogP contribution in [0, 0.1) is 35.5 Å². The Kier molecular flexibility index (Phi) is 33.5. The SMILES string of the molecule is CCCC[C@@H](C)[C@@H](O)[C@H]1C(=O)N[C@@H](CC)C(=O)N(C)[C@H](C)C(=O)N(C)[C@@H](CC(C)(C)OCC(C)=O)C(=O)N[C@@H](C(C)C)C(=O)N(C)[C@@H](CC(C)C)C(=O)N[C@@H](C)C(=O)N[C@H](C)C(=O)N(C)[C@@H](CC(C)C)C(=O)N(C)[C@@H](CC(C)C)C(=O)N(C)[C@@H](C(C)C)C(=O)N1C. The molecule has 0 aromatic rings. The summed E-state index contributed by atoms with van der Waals surface area (Å²) >= 11 is 0. The van der Waals surface area contributed by atoms with Gasteiger partial charge < -0.3 is 65.4 Å². The Hall–Kier alpha value is -6.24. The molecule has 0 unspecified atom stereocenters. The summed E-state index contributed by atoms with van der Waals surface area (Å²) in [6.45, 7) is 31.9. The Morgan fingerprint density at radius 1 is 0.495 bits per heavy atom. The second-order valence-electron chi connectivity index (χ2n) is 28.1. The van der Waals surface area contributed by atoms with E-state index in [1.54, 1.807) is 55.4 Å². The van der Waals surface area contributed by atoms with Crippen LogP contribution in [0.5, 0.6) is 0 Å². The van der Waals surface area contributed by atoms with Crippen LogP contribution in [0.4, 0.5) is 0 Å². The lowest BCUT2D eigenvalue weighted by Gasteiger charge is -2.41. The standard InChI is InChI=1S/C66H119N11O14/c1-27-29-30-41(13)54(79)53-58(83)69-46(28-2)61(86)71(20)45(17)60(85)75(24)50(34-66(18,19)91-35-42(14)78)57(82)70-51(39(9)10)64(89)72(21)47(31-36(3)4)56(81)67-43(15)55(80)68-44(16)59(84)73(22)48(32-37(5)6)62(87)74(23)49(33-38(7)8)63(88)76(25)52(40(11)12)65(90)77(53)26/h36-41,43-54,79H,27-35H2,1-26H3,(H,67,81)(H,68,80)(H,69,83)(H,70,82)/t41-,43+,44-,45-,46+,47+,48+,49+,50+,51+,52+,53+,54-/m1/s1. The molecule has 1 aliphatic heterocycles. The summed E-state index contributed by atoms with van der Waals surface area (Å²) in [7, 11) is 9.78. The second kappa shape index (κ2) is 36.9. The number of carbonyl (C=O) groups is 12. The van der Waals surface area contributed by atoms with Crippen molar-refractivity contribution >= 4 is 70.8 Å². The smallest absolute Gasteiger partial charge is 0.246 e. The molecule has 25 heteroatoms. The summed E-state index contributed by atoms with van der Waals surface area (Å²) in [4.78, 5) is 183. The van der Waals surface area contributed by atoms with Crippen LogP contribution >= 0.6 is 0 Å². The number of nitrogens with one attached hydrogen (secondary N) is 4. The summed E-state index contributed by atoms with van der Waals surface area (Å²) in [5.41, 5.74) is -1.25. The van der Waals surface area contributed by atoms with Crippen molar-refractivity contribution in [2.24, 2.45) is 35.5 Å². The molecular formula is C66H119N11O14. The number of carbonyl (C=O) groups excluding carboxylic acids is 12. The molecule has 0 spiro atoms. The molecule has 13 atom stereocenters. The predicted octanol–water partition coefficient (Wildman–Crippen LogP) is 3.61. The van der Waals surface area contributed by atoms with Gasteiger partial charge in [0.2, 0.25) is 65.0 Å². The van der Waals surface area contributed by atoms with Gasteiger partial charge in [-0.2, -0.15) is 0 Å². The first-order chi connectivity index (χ1) is 41.8. The van der Waals surface area contributed by atoms with Crippen LogP contribution in [0.25, 0.3) is 0 Å². The van der Waals surface area contributed by atoms with Crippen LogP contribution < -0.4 is 21.3 Å². The van der Waals surface area contributed by atoms with E-state index in [9.17, 15) is 48.3 Å². The summed E-state index contributed by atoms with van der Waals surface area (Å²) < 4.78 is 5.94. The van der Waals surface area contributed by atoms with Crippen LogP contribution in [-0.2, 0) is 62.3 Å². The van der Waals surface area contributed by atoms with Gasteiger partial charge in [-0.05, 0) is 109 Å². The van der Waals surface area contributed by atoms with Crippen LogP contribution in [0.15, 0.2) is 0 Å². The van der Waals surface area contributed by atoms with Crippen LogP contribution in [0.3, 0.4) is 0 Å². The topological polar surface area (TPSA) is 305 Å². The van der Waals surface area contributed by atoms with E-state index >= 15 is 14.4 Å². The number of aliphatic hydroxyl groups is 1. The zero-order valence-electron chi connectivity index (χ0n) is 60.1. The average Bonchev–Trinajstić information content (AvgIpc) is 0.853. The van der Waals surface area contributed by atoms with E-state index in [4.69, 9.17) is 4.74 Å². The zero-order chi connectivity index (χ0) is 70.8. The molecule has 25 nitrogen and oxygen atoms in total. The highest BCUT2D eigenvalue weighted by molar-refractivity contribution is 6.00. The molecule has 91 heavy (non-hydrogen) atoms. The Balaban J connectivity index is 4.47. The van der Waals surface area contributed by atoms with Crippen LogP contribution in [0.2, 0.25) is 0 Å². The number of aliphatic hydroxyl groups excluding tert-OH is 1. The van der Waals surface area contributed by atoms with E-state index < -0.39 is 161 Å². The van der Waals surface area contributed by atoms with Crippen molar-refractivity contribution < 1.29 is 67.4 Å². The summed E-state index contributed by atoms with van der Waals surface area (Å²) in [6.07, 6.45) is 0.561. The second-order valence-corrected chi connectivity index (χ2v) is 28.1. The number of unbranched alkanes of at least 4 members (excludes halogenated alkanes) is 1. The number of ether oxygens (including phenoxy) is 1. The van der Waals surface area contributed by atoms with Crippen molar-refractivity contribution in [2.45, 2.75) is 261 Å². The molecule has 1 saturated heterocycles. The Morgan fingerprint density at radius 2 is 0.934 bits per heavy atom. The third-order valence-electron chi connectivity index (χ3n) is 17.5. The first kappa shape index (κ1) is 82.8. The van der Waals surface area contributed by atoms with Crippen molar-refractivity contribution in [3.8, 4) is 0 Å². The molecule has 1 heterocycles. The fraction of sp³-hybridized carbons (Fsp3) is 0.818. The number of Topliss-reactive ketones (excluding diaryl/α,β-unsaturated/α-hetero) is 1. The molecule has 0 aromatic heterocycles. The number of ketones is 1. The minimum absolute atomic E-state index is 0.0205. The van der Waals surface area contributed by atoms with Gasteiger partial charge in [0.1, 0.15) is 73.1 Å². The maximum absolute atomic E-state index is 15.2. The van der Waals surface area contributed by atoms with Gasteiger partial charge in [0.15, 0.2) is 5.78 Å². The van der Waals surface area contributed by atoms with E-state index in [-0.39, 0.29) is 62.2 Å². The third-order valence-corrected chi connectivity index (χ3v) is 17.5. The fourth-order valence-corrected chi connectivity index (χ4v) is 11.4. The lowest BCUT2D eigenvalue weighted by Crippen LogP contribution is -2.64. The quantitative estimate of drug-likeness (QED) is 0.124. The lowest BCUT2D eigenvalue weighted by atomic mass is 9.90. The largest absolute Gasteiger partial charge is 0.390 e. The highest BCUT2D eigenvalue weighted by Gasteiger charge is 2.46. The maximum Gasteiger partial charge on any atom is 0.246 e. The van der Waals surface area contributed by atoms with E-state index in [1.807, 2.05) is 48.5 Å².